The number of rotatable bonds is 2. The normalized spacial score (nSPS) is 11.4. The van der Waals surface area contributed by atoms with E-state index in [0.717, 1.165) is 16.4 Å². The second kappa shape index (κ2) is 3.98. The Labute approximate surface area is 102 Å². The van der Waals surface area contributed by atoms with Gasteiger partial charge in [0.2, 0.25) is 0 Å². The minimum Gasteiger partial charge on any atom is -0.395 e. The van der Waals surface area contributed by atoms with Gasteiger partial charge in [-0.3, -0.25) is 0 Å². The van der Waals surface area contributed by atoms with Crippen molar-refractivity contribution in [3.8, 4) is 0 Å². The summed E-state index contributed by atoms with van der Waals surface area (Å²) in [5.74, 6) is 0. The second-order valence-electron chi connectivity index (χ2n) is 3.78. The van der Waals surface area contributed by atoms with Crippen molar-refractivity contribution in [1.82, 2.24) is 14.5 Å². The Morgan fingerprint density at radius 2 is 2.12 bits per heavy atom. The van der Waals surface area contributed by atoms with Crippen LogP contribution in [0.5, 0.6) is 0 Å². The number of aliphatic hydroxyl groups is 1. The van der Waals surface area contributed by atoms with Gasteiger partial charge in [0.1, 0.15) is 5.52 Å². The van der Waals surface area contributed by atoms with Crippen molar-refractivity contribution < 1.29 is 5.11 Å². The highest BCUT2D eigenvalue weighted by atomic mass is 35.5. The molecule has 0 saturated carbocycles. The predicted molar refractivity (Wildman–Crippen MR) is 67.1 cm³/mol. The van der Waals surface area contributed by atoms with Gasteiger partial charge in [-0.05, 0) is 6.07 Å². The fourth-order valence-corrected chi connectivity index (χ4v) is 2.25. The quantitative estimate of drug-likeness (QED) is 0.707. The van der Waals surface area contributed by atoms with E-state index in [2.05, 4.69) is 9.97 Å². The first-order chi connectivity index (χ1) is 8.31. The van der Waals surface area contributed by atoms with Gasteiger partial charge in [-0.2, -0.15) is 0 Å². The molecule has 0 atom stereocenters. The van der Waals surface area contributed by atoms with Crippen LogP contribution >= 0.6 is 11.6 Å². The van der Waals surface area contributed by atoms with E-state index >= 15 is 0 Å². The minimum atomic E-state index is 0.0692. The van der Waals surface area contributed by atoms with Crippen molar-refractivity contribution in [2.24, 2.45) is 0 Å². The van der Waals surface area contributed by atoms with Crippen molar-refractivity contribution in [2.75, 3.05) is 6.61 Å². The first-order valence-electron chi connectivity index (χ1n) is 5.31. The van der Waals surface area contributed by atoms with Crippen LogP contribution in [0.1, 0.15) is 0 Å². The summed E-state index contributed by atoms with van der Waals surface area (Å²) in [6.07, 6.45) is 1.68. The molecule has 86 valence electrons. The fourth-order valence-electron chi connectivity index (χ4n) is 2.02. The number of benzene rings is 1. The van der Waals surface area contributed by atoms with Crippen molar-refractivity contribution in [1.29, 1.82) is 0 Å². The highest BCUT2D eigenvalue weighted by molar-refractivity contribution is 6.35. The molecule has 0 unspecified atom stereocenters. The van der Waals surface area contributed by atoms with E-state index in [9.17, 15) is 0 Å². The summed E-state index contributed by atoms with van der Waals surface area (Å²) in [7, 11) is 0. The van der Waals surface area contributed by atoms with E-state index < -0.39 is 0 Å². The average Bonchev–Trinajstić information content (AvgIpc) is 2.75. The second-order valence-corrected chi connectivity index (χ2v) is 4.14. The van der Waals surface area contributed by atoms with Crippen molar-refractivity contribution in [3.05, 3.63) is 35.7 Å². The SMILES string of the molecule is OCCn1cnc2c(Cl)nc3ccccc3c21. The molecule has 3 aromatic rings. The van der Waals surface area contributed by atoms with Crippen LogP contribution in [-0.4, -0.2) is 26.2 Å². The number of nitrogens with zero attached hydrogens (tertiary/aromatic N) is 3. The summed E-state index contributed by atoms with van der Waals surface area (Å²) in [5, 5.41) is 10.4. The highest BCUT2D eigenvalue weighted by Crippen LogP contribution is 2.27. The molecule has 1 N–H and O–H groups in total. The molecule has 0 aliphatic carbocycles. The molecule has 4 nitrogen and oxygen atoms in total. The molecule has 0 spiro atoms. The molecule has 17 heavy (non-hydrogen) atoms. The molecule has 2 aromatic heterocycles. The monoisotopic (exact) mass is 247 g/mol. The van der Waals surface area contributed by atoms with Gasteiger partial charge >= 0.3 is 0 Å². The maximum atomic E-state index is 9.04. The van der Waals surface area contributed by atoms with Crippen LogP contribution in [0.3, 0.4) is 0 Å². The Morgan fingerprint density at radius 1 is 1.29 bits per heavy atom. The van der Waals surface area contributed by atoms with E-state index in [-0.39, 0.29) is 6.61 Å². The predicted octanol–water partition coefficient (Wildman–Crippen LogP) is 2.23. The van der Waals surface area contributed by atoms with Crippen LogP contribution < -0.4 is 0 Å². The number of fused-ring (bicyclic) bond motifs is 3. The molecule has 3 rings (SSSR count). The lowest BCUT2D eigenvalue weighted by atomic mass is 10.2. The van der Waals surface area contributed by atoms with Crippen LogP contribution in [-0.2, 0) is 6.54 Å². The van der Waals surface area contributed by atoms with E-state index in [4.69, 9.17) is 16.7 Å². The van der Waals surface area contributed by atoms with Crippen LogP contribution in [0.15, 0.2) is 30.6 Å². The first-order valence-corrected chi connectivity index (χ1v) is 5.69. The zero-order valence-corrected chi connectivity index (χ0v) is 9.72. The maximum Gasteiger partial charge on any atom is 0.157 e. The lowest BCUT2D eigenvalue weighted by Gasteiger charge is -2.05. The Kier molecular flexibility index (Phi) is 2.46. The minimum absolute atomic E-state index is 0.0692. The number of aromatic nitrogens is 3. The third-order valence-corrected chi connectivity index (χ3v) is 3.02. The van der Waals surface area contributed by atoms with Crippen LogP contribution in [0, 0.1) is 0 Å². The molecule has 2 heterocycles. The van der Waals surface area contributed by atoms with Crippen LogP contribution in [0.25, 0.3) is 21.9 Å². The van der Waals surface area contributed by atoms with Gasteiger partial charge in [0.25, 0.3) is 0 Å². The molecule has 0 bridgehead atoms. The van der Waals surface area contributed by atoms with Gasteiger partial charge in [0.05, 0.1) is 24.0 Å². The Morgan fingerprint density at radius 3 is 2.94 bits per heavy atom. The van der Waals surface area contributed by atoms with E-state index in [1.165, 1.54) is 0 Å². The summed E-state index contributed by atoms with van der Waals surface area (Å²) < 4.78 is 1.89. The molecule has 1 aromatic carbocycles. The third kappa shape index (κ3) is 1.57. The topological polar surface area (TPSA) is 50.9 Å². The molecule has 0 fully saturated rings. The lowest BCUT2D eigenvalue weighted by Crippen LogP contribution is -2.00. The molecule has 0 amide bonds. The number of halogens is 1. The molecular weight excluding hydrogens is 238 g/mol. The van der Waals surface area contributed by atoms with Crippen LogP contribution in [0.4, 0.5) is 0 Å². The number of hydrogen-bond acceptors (Lipinski definition) is 3. The van der Waals surface area contributed by atoms with Gasteiger partial charge in [0.15, 0.2) is 5.15 Å². The standard InChI is InChI=1S/C12H10ClN3O/c13-12-10-11(16(5-6-17)7-14-10)8-3-1-2-4-9(8)15-12/h1-4,7,17H,5-6H2. The Hall–Kier alpha value is -1.65. The molecule has 0 aliphatic rings. The number of aliphatic hydroxyl groups excluding tert-OH is 1. The van der Waals surface area contributed by atoms with E-state index in [1.807, 2.05) is 28.8 Å². The van der Waals surface area contributed by atoms with Gasteiger partial charge in [0, 0.05) is 11.9 Å². The lowest BCUT2D eigenvalue weighted by molar-refractivity contribution is 0.278. The smallest absolute Gasteiger partial charge is 0.157 e. The molecule has 0 radical (unpaired) electrons. The summed E-state index contributed by atoms with van der Waals surface area (Å²) >= 11 is 6.10. The third-order valence-electron chi connectivity index (χ3n) is 2.75. The zero-order valence-electron chi connectivity index (χ0n) is 8.97. The number of para-hydroxylation sites is 1. The largest absolute Gasteiger partial charge is 0.395 e. The Bertz CT molecular complexity index is 693. The van der Waals surface area contributed by atoms with Gasteiger partial charge in [-0.1, -0.05) is 29.8 Å². The number of pyridine rings is 1. The summed E-state index contributed by atoms with van der Waals surface area (Å²) in [6.45, 7) is 0.570. The van der Waals surface area contributed by atoms with Crippen LogP contribution in [0.2, 0.25) is 5.15 Å². The first kappa shape index (κ1) is 10.5. The molecule has 0 saturated heterocycles. The molecular formula is C12H10ClN3O. The number of imidazole rings is 1. The molecule has 5 heteroatoms. The summed E-state index contributed by atoms with van der Waals surface area (Å²) in [6, 6.07) is 7.77. The van der Waals surface area contributed by atoms with Gasteiger partial charge < -0.3 is 9.67 Å². The van der Waals surface area contributed by atoms with Crippen molar-refractivity contribution in [2.45, 2.75) is 6.54 Å². The van der Waals surface area contributed by atoms with Gasteiger partial charge in [-0.25, -0.2) is 9.97 Å². The van der Waals surface area contributed by atoms with E-state index in [0.29, 0.717) is 17.2 Å². The fraction of sp³-hybridized carbons (Fsp3) is 0.167. The van der Waals surface area contributed by atoms with E-state index in [1.54, 1.807) is 6.33 Å². The summed E-state index contributed by atoms with van der Waals surface area (Å²) in [5.41, 5.74) is 2.44. The van der Waals surface area contributed by atoms with Crippen molar-refractivity contribution >= 4 is 33.5 Å². The number of hydrogen-bond donors (Lipinski definition) is 1. The zero-order chi connectivity index (χ0) is 11.8. The molecule has 0 aliphatic heterocycles. The average molecular weight is 248 g/mol. The van der Waals surface area contributed by atoms with Crippen molar-refractivity contribution in [3.63, 3.8) is 0 Å². The maximum absolute atomic E-state index is 9.04. The Balaban J connectivity index is 2.47. The highest BCUT2D eigenvalue weighted by Gasteiger charge is 2.11. The van der Waals surface area contributed by atoms with Gasteiger partial charge in [-0.15, -0.1) is 0 Å². The summed E-state index contributed by atoms with van der Waals surface area (Å²) in [4.78, 5) is 8.55.